The maximum atomic E-state index is 11.7. The summed E-state index contributed by atoms with van der Waals surface area (Å²) in [5.74, 6) is -1.09. The minimum Gasteiger partial charge on any atom is -0.463 e. The van der Waals surface area contributed by atoms with Crippen LogP contribution in [0.25, 0.3) is 11.1 Å². The molecular weight excluding hydrogens is 306 g/mol. The fourth-order valence-corrected chi connectivity index (χ4v) is 1.54. The van der Waals surface area contributed by atoms with E-state index in [0.717, 1.165) is 0 Å². The Morgan fingerprint density at radius 1 is 1.50 bits per heavy atom. The first-order chi connectivity index (χ1) is 8.32. The van der Waals surface area contributed by atoms with Crippen molar-refractivity contribution in [3.05, 3.63) is 28.0 Å². The van der Waals surface area contributed by atoms with E-state index in [1.807, 2.05) is 0 Å². The number of nitrogens with one attached hydrogen (secondary N) is 1. The second kappa shape index (κ2) is 4.46. The van der Waals surface area contributed by atoms with Crippen molar-refractivity contribution in [2.24, 2.45) is 0 Å². The van der Waals surface area contributed by atoms with Crippen molar-refractivity contribution in [2.45, 2.75) is 3.79 Å². The lowest BCUT2D eigenvalue weighted by Gasteiger charge is -2.08. The van der Waals surface area contributed by atoms with Crippen molar-refractivity contribution in [1.82, 2.24) is 9.97 Å². The van der Waals surface area contributed by atoms with E-state index >= 15 is 0 Å². The zero-order valence-corrected chi connectivity index (χ0v) is 11.1. The predicted octanol–water partition coefficient (Wildman–Crippen LogP) is 2.13. The molecule has 0 radical (unpaired) electrons. The lowest BCUT2D eigenvalue weighted by Crippen LogP contribution is -2.16. The van der Waals surface area contributed by atoms with Gasteiger partial charge in [-0.25, -0.2) is 4.79 Å². The topological polar surface area (TPSA) is 85.2 Å². The van der Waals surface area contributed by atoms with E-state index in [4.69, 9.17) is 39.2 Å². The van der Waals surface area contributed by atoms with Crippen LogP contribution < -0.4 is 5.56 Å². The molecule has 0 saturated carbocycles. The number of methoxy groups -OCH3 is 1. The van der Waals surface area contributed by atoms with E-state index in [1.54, 1.807) is 0 Å². The summed E-state index contributed by atoms with van der Waals surface area (Å²) in [6.07, 6.45) is 0. The van der Waals surface area contributed by atoms with Crippen molar-refractivity contribution in [1.29, 1.82) is 0 Å². The molecule has 0 unspecified atom stereocenters. The van der Waals surface area contributed by atoms with Gasteiger partial charge in [0.25, 0.3) is 5.56 Å². The number of hydrogen-bond donors (Lipinski definition) is 1. The molecule has 0 aliphatic rings. The quantitative estimate of drug-likeness (QED) is 0.644. The van der Waals surface area contributed by atoms with Crippen molar-refractivity contribution in [2.75, 3.05) is 7.11 Å². The lowest BCUT2D eigenvalue weighted by atomic mass is 10.3. The third-order valence-electron chi connectivity index (χ3n) is 2.06. The van der Waals surface area contributed by atoms with E-state index < -0.39 is 15.3 Å². The fourth-order valence-electron chi connectivity index (χ4n) is 1.27. The molecule has 2 rings (SSSR count). The SMILES string of the molecule is COC(=O)c1cc2c(=O)[nH]c(C(Cl)(Cl)Cl)nc2o1. The van der Waals surface area contributed by atoms with Crippen LogP contribution in [0.4, 0.5) is 0 Å². The first-order valence-electron chi connectivity index (χ1n) is 4.52. The van der Waals surface area contributed by atoms with Gasteiger partial charge in [0.1, 0.15) is 5.39 Å². The Kier molecular flexibility index (Phi) is 3.27. The van der Waals surface area contributed by atoms with Crippen LogP contribution in [0.3, 0.4) is 0 Å². The number of esters is 1. The van der Waals surface area contributed by atoms with Gasteiger partial charge in [0.05, 0.1) is 7.11 Å². The van der Waals surface area contributed by atoms with Gasteiger partial charge >= 0.3 is 5.97 Å². The van der Waals surface area contributed by atoms with Crippen LogP contribution in [-0.2, 0) is 8.53 Å². The predicted molar refractivity (Wildman–Crippen MR) is 65.2 cm³/mol. The highest BCUT2D eigenvalue weighted by Crippen LogP contribution is 2.35. The number of furan rings is 1. The number of alkyl halides is 3. The number of H-pyrrole nitrogens is 1. The summed E-state index contributed by atoms with van der Waals surface area (Å²) < 4.78 is 7.61. The molecule has 0 aliphatic carbocycles. The van der Waals surface area contributed by atoms with E-state index in [9.17, 15) is 9.59 Å². The third-order valence-corrected chi connectivity index (χ3v) is 2.59. The van der Waals surface area contributed by atoms with E-state index in [2.05, 4.69) is 14.7 Å². The van der Waals surface area contributed by atoms with Crippen molar-refractivity contribution >= 4 is 51.9 Å². The van der Waals surface area contributed by atoms with Crippen LogP contribution in [0.1, 0.15) is 16.4 Å². The zero-order chi connectivity index (χ0) is 13.5. The van der Waals surface area contributed by atoms with Crippen molar-refractivity contribution in [3.63, 3.8) is 0 Å². The minimum atomic E-state index is -1.90. The molecule has 9 heteroatoms. The standard InChI is InChI=1S/C9H5Cl3N2O4/c1-17-7(16)4-2-3-5(15)13-8(9(10,11)12)14-6(3)18-4/h2H,1H3,(H,13,14,15). The minimum absolute atomic E-state index is 0.0633. The average Bonchev–Trinajstić information content (AvgIpc) is 2.71. The molecule has 1 N–H and O–H groups in total. The Labute approximate surface area is 115 Å². The molecule has 0 atom stereocenters. The van der Waals surface area contributed by atoms with Gasteiger partial charge in [-0.2, -0.15) is 4.98 Å². The van der Waals surface area contributed by atoms with E-state index in [-0.39, 0.29) is 22.7 Å². The Bertz CT molecular complexity index is 670. The summed E-state index contributed by atoms with van der Waals surface area (Å²) in [7, 11) is 1.18. The molecule has 2 aromatic rings. The fraction of sp³-hybridized carbons (Fsp3) is 0.222. The molecule has 0 saturated heterocycles. The summed E-state index contributed by atoms with van der Waals surface area (Å²) in [4.78, 5) is 29.0. The van der Waals surface area contributed by atoms with Gasteiger partial charge in [-0.3, -0.25) is 4.79 Å². The zero-order valence-electron chi connectivity index (χ0n) is 8.79. The number of rotatable bonds is 1. The Morgan fingerprint density at radius 2 is 2.17 bits per heavy atom. The summed E-state index contributed by atoms with van der Waals surface area (Å²) in [5.41, 5.74) is -0.694. The largest absolute Gasteiger partial charge is 0.463 e. The van der Waals surface area contributed by atoms with Crippen LogP contribution >= 0.6 is 34.8 Å². The normalized spacial score (nSPS) is 11.8. The highest BCUT2D eigenvalue weighted by Gasteiger charge is 2.28. The summed E-state index contributed by atoms with van der Waals surface area (Å²) >= 11 is 16.8. The highest BCUT2D eigenvalue weighted by molar-refractivity contribution is 6.66. The Morgan fingerprint density at radius 3 is 2.72 bits per heavy atom. The van der Waals surface area contributed by atoms with Gasteiger partial charge in [-0.05, 0) is 0 Å². The summed E-state index contributed by atoms with van der Waals surface area (Å²) in [6, 6.07) is 1.20. The monoisotopic (exact) mass is 310 g/mol. The molecule has 2 aromatic heterocycles. The summed E-state index contributed by atoms with van der Waals surface area (Å²) in [5, 5.41) is 0.0633. The first kappa shape index (κ1) is 13.2. The number of nitrogens with zero attached hydrogens (tertiary/aromatic N) is 1. The van der Waals surface area contributed by atoms with Crippen molar-refractivity contribution in [3.8, 4) is 0 Å². The van der Waals surface area contributed by atoms with Crippen LogP contribution in [0.5, 0.6) is 0 Å². The molecule has 0 spiro atoms. The molecule has 0 bridgehead atoms. The summed E-state index contributed by atoms with van der Waals surface area (Å²) in [6.45, 7) is 0. The van der Waals surface area contributed by atoms with Crippen LogP contribution in [0, 0.1) is 0 Å². The molecular formula is C9H5Cl3N2O4. The second-order valence-electron chi connectivity index (χ2n) is 3.23. The van der Waals surface area contributed by atoms with Gasteiger partial charge in [0.15, 0.2) is 5.82 Å². The average molecular weight is 312 g/mol. The molecule has 0 amide bonds. The van der Waals surface area contributed by atoms with Crippen LogP contribution in [0.15, 0.2) is 15.3 Å². The number of aromatic nitrogens is 2. The molecule has 2 heterocycles. The first-order valence-corrected chi connectivity index (χ1v) is 5.65. The number of aromatic amines is 1. The van der Waals surface area contributed by atoms with Crippen LogP contribution in [0.2, 0.25) is 0 Å². The van der Waals surface area contributed by atoms with Gasteiger partial charge < -0.3 is 14.1 Å². The van der Waals surface area contributed by atoms with Crippen LogP contribution in [-0.4, -0.2) is 23.0 Å². The van der Waals surface area contributed by atoms with Gasteiger partial charge in [0, 0.05) is 6.07 Å². The van der Waals surface area contributed by atoms with Gasteiger partial charge in [0.2, 0.25) is 15.3 Å². The second-order valence-corrected chi connectivity index (χ2v) is 5.51. The van der Waals surface area contributed by atoms with Crippen molar-refractivity contribution < 1.29 is 13.9 Å². The number of ether oxygens (including phenoxy) is 1. The Balaban J connectivity index is 2.67. The molecule has 6 nitrogen and oxygen atoms in total. The van der Waals surface area contributed by atoms with Gasteiger partial charge in [-0.15, -0.1) is 0 Å². The maximum Gasteiger partial charge on any atom is 0.374 e. The van der Waals surface area contributed by atoms with Gasteiger partial charge in [-0.1, -0.05) is 34.8 Å². The number of carbonyl (C=O) groups excluding carboxylic acids is 1. The number of fused-ring (bicyclic) bond motifs is 1. The number of halogens is 3. The molecule has 0 aliphatic heterocycles. The number of hydrogen-bond acceptors (Lipinski definition) is 5. The number of carbonyl (C=O) groups is 1. The molecule has 96 valence electrons. The third kappa shape index (κ3) is 2.31. The molecule has 0 aromatic carbocycles. The molecule has 18 heavy (non-hydrogen) atoms. The highest BCUT2D eigenvalue weighted by atomic mass is 35.6. The smallest absolute Gasteiger partial charge is 0.374 e. The van der Waals surface area contributed by atoms with E-state index in [0.29, 0.717) is 0 Å². The lowest BCUT2D eigenvalue weighted by molar-refractivity contribution is 0.0567. The maximum absolute atomic E-state index is 11.7. The Hall–Kier alpha value is -1.24. The molecule has 0 fully saturated rings. The van der Waals surface area contributed by atoms with E-state index in [1.165, 1.54) is 13.2 Å².